The number of hydrogen-bond acceptors (Lipinski definition) is 3. The summed E-state index contributed by atoms with van der Waals surface area (Å²) in [4.78, 5) is 0. The van der Waals surface area contributed by atoms with Crippen molar-refractivity contribution in [1.29, 1.82) is 0 Å². The van der Waals surface area contributed by atoms with Crippen molar-refractivity contribution in [3.63, 3.8) is 0 Å². The highest BCUT2D eigenvalue weighted by molar-refractivity contribution is 7.34. The fourth-order valence-corrected chi connectivity index (χ4v) is 3.20. The molecule has 2 aromatic rings. The molecule has 0 fully saturated rings. The minimum absolute atomic E-state index is 0.564. The van der Waals surface area contributed by atoms with Crippen LogP contribution >= 0.6 is 8.25 Å². The lowest BCUT2D eigenvalue weighted by Crippen LogP contribution is -1.96. The summed E-state index contributed by atoms with van der Waals surface area (Å²) >= 11 is 0. The molecule has 0 bridgehead atoms. The van der Waals surface area contributed by atoms with Crippen LogP contribution in [0, 0.1) is 11.8 Å². The molecule has 0 amide bonds. The molecule has 3 nitrogen and oxygen atoms in total. The summed E-state index contributed by atoms with van der Waals surface area (Å²) in [5.74, 6) is 2.28. The Labute approximate surface area is 146 Å². The molecule has 0 aliphatic heterocycles. The molecule has 24 heavy (non-hydrogen) atoms. The van der Waals surface area contributed by atoms with Crippen molar-refractivity contribution in [2.24, 2.45) is 11.8 Å². The summed E-state index contributed by atoms with van der Waals surface area (Å²) in [6.45, 7) is 8.67. The van der Waals surface area contributed by atoms with Gasteiger partial charge in [0.1, 0.15) is 0 Å². The van der Waals surface area contributed by atoms with Crippen molar-refractivity contribution in [3.05, 3.63) is 59.7 Å². The van der Waals surface area contributed by atoms with Crippen LogP contribution in [0.15, 0.2) is 48.5 Å². The average Bonchev–Trinajstić information content (AvgIpc) is 2.46. The van der Waals surface area contributed by atoms with E-state index in [1.165, 1.54) is 11.1 Å². The van der Waals surface area contributed by atoms with Gasteiger partial charge < -0.3 is 0 Å². The molecule has 0 aliphatic rings. The Hall–Kier alpha value is -1.86. The average molecular weight is 345 g/mol. The third-order valence-electron chi connectivity index (χ3n) is 3.44. The van der Waals surface area contributed by atoms with Gasteiger partial charge in [-0.3, -0.25) is 0 Å². The van der Waals surface area contributed by atoms with Crippen molar-refractivity contribution >= 4 is 8.25 Å². The standard InChI is InChI=1S/C20H26O3P/c1-15(2)11-17-7-5-9-19(13-17)22-24(21)23-20-10-6-8-18(14-20)12-16(3)4/h5-10,13-16H,11-12H2,1-4H3/q+1. The molecule has 2 rings (SSSR count). The Morgan fingerprint density at radius 3 is 1.58 bits per heavy atom. The maximum absolute atomic E-state index is 12.2. The van der Waals surface area contributed by atoms with E-state index in [0.717, 1.165) is 12.8 Å². The predicted molar refractivity (Wildman–Crippen MR) is 98.8 cm³/mol. The van der Waals surface area contributed by atoms with E-state index >= 15 is 0 Å². The van der Waals surface area contributed by atoms with Crippen LogP contribution in [0.5, 0.6) is 11.5 Å². The van der Waals surface area contributed by atoms with Crippen LogP contribution in [0.25, 0.3) is 0 Å². The summed E-state index contributed by atoms with van der Waals surface area (Å²) in [5.41, 5.74) is 2.34. The lowest BCUT2D eigenvalue weighted by molar-refractivity contribution is 0.415. The largest absolute Gasteiger partial charge is 0.805 e. The van der Waals surface area contributed by atoms with Crippen LogP contribution in [-0.2, 0) is 17.4 Å². The van der Waals surface area contributed by atoms with Crippen LogP contribution in [0.4, 0.5) is 0 Å². The van der Waals surface area contributed by atoms with E-state index in [1.807, 2.05) is 24.3 Å². The highest BCUT2D eigenvalue weighted by atomic mass is 31.1. The first kappa shape index (κ1) is 18.5. The second kappa shape index (κ2) is 8.84. The van der Waals surface area contributed by atoms with Crippen molar-refractivity contribution in [1.82, 2.24) is 0 Å². The first-order valence-corrected chi connectivity index (χ1v) is 9.53. The van der Waals surface area contributed by atoms with Gasteiger partial charge in [0.05, 0.1) is 0 Å². The summed E-state index contributed by atoms with van der Waals surface area (Å²) in [6, 6.07) is 15.4. The van der Waals surface area contributed by atoms with E-state index in [9.17, 15) is 4.57 Å². The Kier molecular flexibility index (Phi) is 6.81. The van der Waals surface area contributed by atoms with E-state index in [0.29, 0.717) is 23.3 Å². The Bertz CT molecular complexity index is 623. The highest BCUT2D eigenvalue weighted by Gasteiger charge is 2.24. The zero-order chi connectivity index (χ0) is 17.5. The number of rotatable bonds is 8. The van der Waals surface area contributed by atoms with E-state index < -0.39 is 8.25 Å². The molecular formula is C20H26O3P+. The molecule has 0 atom stereocenters. The zero-order valence-electron chi connectivity index (χ0n) is 14.9. The Balaban J connectivity index is 1.98. The zero-order valence-corrected chi connectivity index (χ0v) is 15.8. The summed E-state index contributed by atoms with van der Waals surface area (Å²) < 4.78 is 23.0. The molecule has 0 aromatic heterocycles. The fourth-order valence-electron chi connectivity index (χ4n) is 2.59. The van der Waals surface area contributed by atoms with Gasteiger partial charge in [-0.15, -0.1) is 0 Å². The topological polar surface area (TPSA) is 35.5 Å². The molecule has 4 heteroatoms. The van der Waals surface area contributed by atoms with Gasteiger partial charge in [0.2, 0.25) is 0 Å². The molecular weight excluding hydrogens is 319 g/mol. The molecule has 0 saturated carbocycles. The van der Waals surface area contributed by atoms with Gasteiger partial charge in [0, 0.05) is 4.57 Å². The second-order valence-corrected chi connectivity index (χ2v) is 7.71. The molecule has 2 aromatic carbocycles. The molecule has 0 aliphatic carbocycles. The molecule has 0 unspecified atom stereocenters. The Morgan fingerprint density at radius 1 is 0.792 bits per heavy atom. The summed E-state index contributed by atoms with van der Waals surface area (Å²) in [5, 5.41) is 0. The molecule has 0 radical (unpaired) electrons. The number of benzene rings is 2. The highest BCUT2D eigenvalue weighted by Crippen LogP contribution is 2.31. The third kappa shape index (κ3) is 6.33. The maximum atomic E-state index is 12.2. The quantitative estimate of drug-likeness (QED) is 0.534. The van der Waals surface area contributed by atoms with Crippen molar-refractivity contribution in [3.8, 4) is 11.5 Å². The van der Waals surface area contributed by atoms with Gasteiger partial charge in [-0.25, -0.2) is 9.05 Å². The van der Waals surface area contributed by atoms with Crippen LogP contribution in [0.1, 0.15) is 38.8 Å². The van der Waals surface area contributed by atoms with E-state index in [1.54, 1.807) is 12.1 Å². The molecule has 0 spiro atoms. The minimum atomic E-state index is -2.25. The van der Waals surface area contributed by atoms with E-state index in [2.05, 4.69) is 39.8 Å². The SMILES string of the molecule is CC(C)Cc1cccc(O[P+](=O)Oc2cccc(CC(C)C)c2)c1. The van der Waals surface area contributed by atoms with Gasteiger partial charge >= 0.3 is 8.25 Å². The van der Waals surface area contributed by atoms with Crippen LogP contribution in [0.3, 0.4) is 0 Å². The van der Waals surface area contributed by atoms with E-state index in [4.69, 9.17) is 9.05 Å². The van der Waals surface area contributed by atoms with Crippen LogP contribution in [-0.4, -0.2) is 0 Å². The predicted octanol–water partition coefficient (Wildman–Crippen LogP) is 6.20. The van der Waals surface area contributed by atoms with Crippen molar-refractivity contribution < 1.29 is 13.6 Å². The van der Waals surface area contributed by atoms with Gasteiger partial charge in [-0.2, -0.15) is 0 Å². The van der Waals surface area contributed by atoms with E-state index in [-0.39, 0.29) is 0 Å². The monoisotopic (exact) mass is 345 g/mol. The van der Waals surface area contributed by atoms with Crippen molar-refractivity contribution in [2.75, 3.05) is 0 Å². The van der Waals surface area contributed by atoms with Gasteiger partial charge in [-0.1, -0.05) is 52.0 Å². The third-order valence-corrected chi connectivity index (χ3v) is 4.16. The Morgan fingerprint density at radius 2 is 1.21 bits per heavy atom. The molecule has 0 N–H and O–H groups in total. The molecule has 128 valence electrons. The summed E-state index contributed by atoms with van der Waals surface area (Å²) in [6.07, 6.45) is 1.93. The first-order chi connectivity index (χ1) is 11.4. The lowest BCUT2D eigenvalue weighted by Gasteiger charge is -2.05. The normalized spacial score (nSPS) is 10.9. The summed E-state index contributed by atoms with van der Waals surface area (Å²) in [7, 11) is -2.25. The fraction of sp³-hybridized carbons (Fsp3) is 0.400. The van der Waals surface area contributed by atoms with Crippen molar-refractivity contribution in [2.45, 2.75) is 40.5 Å². The molecule has 0 heterocycles. The van der Waals surface area contributed by atoms with Gasteiger partial charge in [-0.05, 0) is 60.1 Å². The number of hydrogen-bond donors (Lipinski definition) is 0. The smallest absolute Gasteiger partial charge is 0.222 e. The van der Waals surface area contributed by atoms with Crippen LogP contribution < -0.4 is 9.05 Å². The van der Waals surface area contributed by atoms with Gasteiger partial charge in [0.25, 0.3) is 0 Å². The first-order valence-electron chi connectivity index (χ1n) is 8.43. The van der Waals surface area contributed by atoms with Crippen LogP contribution in [0.2, 0.25) is 0 Å². The van der Waals surface area contributed by atoms with Gasteiger partial charge in [0.15, 0.2) is 11.5 Å². The maximum Gasteiger partial charge on any atom is 0.805 e. The lowest BCUT2D eigenvalue weighted by atomic mass is 10.0. The molecule has 0 saturated heterocycles. The minimum Gasteiger partial charge on any atom is -0.222 e. The second-order valence-electron chi connectivity index (χ2n) is 6.90.